The van der Waals surface area contributed by atoms with Crippen molar-refractivity contribution in [3.63, 3.8) is 0 Å². The molecule has 2 aliphatic rings. The zero-order chi connectivity index (χ0) is 25.5. The van der Waals surface area contributed by atoms with Crippen LogP contribution in [0.4, 0.5) is 16.2 Å². The van der Waals surface area contributed by atoms with Gasteiger partial charge in [-0.15, -0.1) is 10.2 Å². The highest BCUT2D eigenvalue weighted by Gasteiger charge is 2.31. The Bertz CT molecular complexity index is 1430. The van der Waals surface area contributed by atoms with Crippen LogP contribution in [-0.2, 0) is 11.3 Å². The van der Waals surface area contributed by atoms with Gasteiger partial charge >= 0.3 is 6.09 Å². The molecule has 0 aliphatic heterocycles. The second-order valence-electron chi connectivity index (χ2n) is 10.0. The van der Waals surface area contributed by atoms with Crippen molar-refractivity contribution in [2.75, 3.05) is 11.1 Å². The number of nitrogens with one attached hydrogen (secondary N) is 1. The van der Waals surface area contributed by atoms with E-state index in [2.05, 4.69) is 20.1 Å². The van der Waals surface area contributed by atoms with Gasteiger partial charge in [0.25, 0.3) is 5.89 Å². The maximum absolute atomic E-state index is 12.3. The Labute approximate surface area is 214 Å². The lowest BCUT2D eigenvalue weighted by atomic mass is 9.92. The number of carbonyl (C=O) groups is 1. The van der Waals surface area contributed by atoms with Gasteiger partial charge in [0.2, 0.25) is 5.89 Å². The highest BCUT2D eigenvalue weighted by Crippen LogP contribution is 2.45. The number of hydrogen-bond acceptors (Lipinski definition) is 7. The third-order valence-corrected chi connectivity index (χ3v) is 7.37. The summed E-state index contributed by atoms with van der Waals surface area (Å²) in [4.78, 5) is 12.3. The molecule has 0 bridgehead atoms. The van der Waals surface area contributed by atoms with Crippen LogP contribution in [-0.4, -0.2) is 27.0 Å². The molecule has 37 heavy (non-hydrogen) atoms. The molecule has 9 nitrogen and oxygen atoms in total. The molecule has 1 amide bonds. The van der Waals surface area contributed by atoms with Crippen LogP contribution >= 0.6 is 0 Å². The van der Waals surface area contributed by atoms with Crippen molar-refractivity contribution in [2.45, 2.75) is 64.7 Å². The molecule has 4 aromatic rings. The monoisotopic (exact) mass is 501 g/mol. The molecule has 6 rings (SSSR count). The number of aromatic nitrogens is 3. The first-order valence-corrected chi connectivity index (χ1v) is 12.9. The Kier molecular flexibility index (Phi) is 5.98. The maximum atomic E-state index is 12.3. The van der Waals surface area contributed by atoms with E-state index in [1.54, 1.807) is 6.92 Å². The minimum atomic E-state index is -0.418. The zero-order valence-corrected chi connectivity index (χ0v) is 21.1. The maximum Gasteiger partial charge on any atom is 0.411 e. The quantitative estimate of drug-likeness (QED) is 0.294. The van der Waals surface area contributed by atoms with E-state index in [0.29, 0.717) is 35.2 Å². The Morgan fingerprint density at radius 2 is 1.95 bits per heavy atom. The number of benzene rings is 2. The first-order chi connectivity index (χ1) is 18.0. The third kappa shape index (κ3) is 4.73. The van der Waals surface area contributed by atoms with Gasteiger partial charge in [-0.25, -0.2) is 4.79 Å². The van der Waals surface area contributed by atoms with E-state index in [1.165, 1.54) is 6.42 Å². The molecular weight excluding hydrogens is 470 g/mol. The van der Waals surface area contributed by atoms with Gasteiger partial charge in [0.15, 0.2) is 6.61 Å². The molecule has 2 aromatic heterocycles. The molecule has 0 spiro atoms. The Hall–Kier alpha value is -4.01. The molecular formula is C28H31N5O4. The van der Waals surface area contributed by atoms with Gasteiger partial charge < -0.3 is 24.2 Å². The molecule has 9 heteroatoms. The second kappa shape index (κ2) is 9.46. The number of carbonyl (C=O) groups excluding carboxylic acids is 1. The lowest BCUT2D eigenvalue weighted by Crippen LogP contribution is -2.21. The minimum Gasteiger partial charge on any atom is -0.484 e. The number of anilines is 2. The number of amides is 1. The van der Waals surface area contributed by atoms with E-state index in [4.69, 9.17) is 19.6 Å². The van der Waals surface area contributed by atoms with Crippen molar-refractivity contribution >= 4 is 28.4 Å². The fourth-order valence-electron chi connectivity index (χ4n) is 4.96. The largest absolute Gasteiger partial charge is 0.484 e. The summed E-state index contributed by atoms with van der Waals surface area (Å²) >= 11 is 0. The smallest absolute Gasteiger partial charge is 0.411 e. The molecule has 2 heterocycles. The molecule has 0 radical (unpaired) electrons. The lowest BCUT2D eigenvalue weighted by Gasteiger charge is -2.30. The van der Waals surface area contributed by atoms with Crippen LogP contribution in [0, 0.1) is 12.8 Å². The molecule has 2 aromatic carbocycles. The highest BCUT2D eigenvalue weighted by atomic mass is 16.6. The van der Waals surface area contributed by atoms with E-state index in [1.807, 2.05) is 49.4 Å². The van der Waals surface area contributed by atoms with Gasteiger partial charge in [-0.3, -0.25) is 5.32 Å². The van der Waals surface area contributed by atoms with Crippen LogP contribution in [0.3, 0.4) is 0 Å². The van der Waals surface area contributed by atoms with Gasteiger partial charge in [-0.1, -0.05) is 12.1 Å². The molecule has 2 aliphatic carbocycles. The van der Waals surface area contributed by atoms with Crippen LogP contribution in [0.15, 0.2) is 46.9 Å². The first kappa shape index (κ1) is 23.4. The van der Waals surface area contributed by atoms with Crippen LogP contribution in [0.2, 0.25) is 0 Å². The minimum absolute atomic E-state index is 0.0535. The van der Waals surface area contributed by atoms with E-state index in [-0.39, 0.29) is 12.7 Å². The van der Waals surface area contributed by atoms with Crippen molar-refractivity contribution in [3.05, 3.63) is 54.2 Å². The SMILES string of the molecule is Cc1nnc(COc2ccc3c(N)c(-c4ccc(NC(=O)OC(C)C5CC5)cc4)n(C4CCC4)c3c2)o1. The van der Waals surface area contributed by atoms with Gasteiger partial charge in [0, 0.05) is 35.7 Å². The van der Waals surface area contributed by atoms with E-state index in [0.717, 1.165) is 53.5 Å². The molecule has 192 valence electrons. The van der Waals surface area contributed by atoms with Crippen LogP contribution < -0.4 is 15.8 Å². The molecule has 2 saturated carbocycles. The van der Waals surface area contributed by atoms with Crippen LogP contribution in [0.1, 0.15) is 56.9 Å². The first-order valence-electron chi connectivity index (χ1n) is 12.9. The zero-order valence-electron chi connectivity index (χ0n) is 21.1. The van der Waals surface area contributed by atoms with Gasteiger partial charge in [-0.2, -0.15) is 0 Å². The lowest BCUT2D eigenvalue weighted by molar-refractivity contribution is 0.108. The average Bonchev–Trinajstić information content (AvgIpc) is 3.57. The Morgan fingerprint density at radius 3 is 2.59 bits per heavy atom. The van der Waals surface area contributed by atoms with Crippen molar-refractivity contribution in [2.24, 2.45) is 5.92 Å². The van der Waals surface area contributed by atoms with E-state index >= 15 is 0 Å². The topological polar surface area (TPSA) is 117 Å². The summed E-state index contributed by atoms with van der Waals surface area (Å²) in [6.07, 6.45) is 5.19. The third-order valence-electron chi connectivity index (χ3n) is 7.37. The summed E-state index contributed by atoms with van der Waals surface area (Å²) in [6, 6.07) is 14.1. The molecule has 1 unspecified atom stereocenters. The van der Waals surface area contributed by atoms with Gasteiger partial charge in [0.1, 0.15) is 11.9 Å². The summed E-state index contributed by atoms with van der Waals surface area (Å²) in [5.74, 6) is 2.16. The number of rotatable bonds is 8. The summed E-state index contributed by atoms with van der Waals surface area (Å²) < 4.78 is 19.2. The number of nitrogens with two attached hydrogens (primary N) is 1. The summed E-state index contributed by atoms with van der Waals surface area (Å²) in [7, 11) is 0. The average molecular weight is 502 g/mol. The fourth-order valence-corrected chi connectivity index (χ4v) is 4.96. The standard InChI is InChI=1S/C28H31N5O4/c1-16(18-6-7-18)36-28(34)30-20-10-8-19(9-11-20)27-26(29)23-13-12-22(35-15-25-32-31-17(2)37-25)14-24(23)33(27)21-4-3-5-21/h8-14,16,18,21H,3-7,15,29H2,1-2H3,(H,30,34). The van der Waals surface area contributed by atoms with Crippen molar-refractivity contribution in [1.82, 2.24) is 14.8 Å². The predicted molar refractivity (Wildman–Crippen MR) is 140 cm³/mol. The highest BCUT2D eigenvalue weighted by molar-refractivity contribution is 6.01. The number of ether oxygens (including phenoxy) is 2. The molecule has 1 atom stereocenters. The number of nitrogens with zero attached hydrogens (tertiary/aromatic N) is 3. The number of hydrogen-bond donors (Lipinski definition) is 2. The predicted octanol–water partition coefficient (Wildman–Crippen LogP) is 6.23. The van der Waals surface area contributed by atoms with Gasteiger partial charge in [-0.05, 0) is 69.2 Å². The Balaban J connectivity index is 1.27. The van der Waals surface area contributed by atoms with E-state index < -0.39 is 6.09 Å². The number of fused-ring (bicyclic) bond motifs is 1. The second-order valence-corrected chi connectivity index (χ2v) is 10.0. The number of nitrogen functional groups attached to an aromatic ring is 1. The molecule has 3 N–H and O–H groups in total. The van der Waals surface area contributed by atoms with E-state index in [9.17, 15) is 4.79 Å². The van der Waals surface area contributed by atoms with Crippen LogP contribution in [0.25, 0.3) is 22.2 Å². The summed E-state index contributed by atoms with van der Waals surface area (Å²) in [5, 5.41) is 11.7. The van der Waals surface area contributed by atoms with Crippen molar-refractivity contribution < 1.29 is 18.7 Å². The van der Waals surface area contributed by atoms with Crippen molar-refractivity contribution in [1.29, 1.82) is 0 Å². The Morgan fingerprint density at radius 1 is 1.16 bits per heavy atom. The normalized spacial score (nSPS) is 16.4. The molecule has 0 saturated heterocycles. The summed E-state index contributed by atoms with van der Waals surface area (Å²) in [5.41, 5.74) is 11.2. The summed E-state index contributed by atoms with van der Waals surface area (Å²) in [6.45, 7) is 3.91. The fraction of sp³-hybridized carbons (Fsp3) is 0.393. The molecule has 2 fully saturated rings. The number of aryl methyl sites for hydroxylation is 1. The van der Waals surface area contributed by atoms with Crippen molar-refractivity contribution in [3.8, 4) is 17.0 Å². The van der Waals surface area contributed by atoms with Gasteiger partial charge in [0.05, 0.1) is 16.9 Å². The van der Waals surface area contributed by atoms with Crippen LogP contribution in [0.5, 0.6) is 5.75 Å².